The lowest BCUT2D eigenvalue weighted by molar-refractivity contribution is -0.924. The number of piperazine rings is 1. The highest BCUT2D eigenvalue weighted by atomic mass is 32.2. The number of nitrogens with zero attached hydrogens (tertiary/aromatic N) is 3. The van der Waals surface area contributed by atoms with Crippen molar-refractivity contribution in [3.63, 3.8) is 0 Å². The lowest BCUT2D eigenvalue weighted by Crippen LogP contribution is -3.14. The number of benzene rings is 1. The fourth-order valence-electron chi connectivity index (χ4n) is 2.87. The summed E-state index contributed by atoms with van der Waals surface area (Å²) < 4.78 is 9.12. The van der Waals surface area contributed by atoms with E-state index in [1.807, 2.05) is 23.7 Å². The maximum atomic E-state index is 5.49. The summed E-state index contributed by atoms with van der Waals surface area (Å²) >= 11 is 8.81. The van der Waals surface area contributed by atoms with E-state index in [2.05, 4.69) is 28.7 Å². The zero-order chi connectivity index (χ0) is 18.5. The van der Waals surface area contributed by atoms with E-state index in [9.17, 15) is 0 Å². The average Bonchev–Trinajstić information content (AvgIpc) is 3.00. The van der Waals surface area contributed by atoms with Gasteiger partial charge in [-0.05, 0) is 43.4 Å². The van der Waals surface area contributed by atoms with Gasteiger partial charge < -0.3 is 14.5 Å². The van der Waals surface area contributed by atoms with Crippen LogP contribution in [0.15, 0.2) is 40.8 Å². The van der Waals surface area contributed by atoms with Gasteiger partial charge in [0.1, 0.15) is 5.75 Å². The molecule has 0 radical (unpaired) electrons. The molecule has 3 rings (SSSR count). The average molecular weight is 410 g/mol. The van der Waals surface area contributed by atoms with Crippen LogP contribution < -0.4 is 14.5 Å². The molecule has 0 aliphatic carbocycles. The molecule has 1 N–H and O–H groups in total. The number of hydrogen-bond acceptors (Lipinski definition) is 6. The molecule has 1 fully saturated rings. The first kappa shape index (κ1) is 19.4. The van der Waals surface area contributed by atoms with Gasteiger partial charge in [0.2, 0.25) is 0 Å². The van der Waals surface area contributed by atoms with Crippen LogP contribution in [0, 0.1) is 3.95 Å². The van der Waals surface area contributed by atoms with Crippen molar-refractivity contribution < 1.29 is 9.64 Å². The smallest absolute Gasteiger partial charge is 0.185 e. The topological polar surface area (TPSA) is 34.7 Å². The fourth-order valence-corrected chi connectivity index (χ4v) is 5.05. The largest absolute Gasteiger partial charge is 0.497 e. The minimum Gasteiger partial charge on any atom is -0.497 e. The van der Waals surface area contributed by atoms with Gasteiger partial charge in [0.25, 0.3) is 0 Å². The maximum Gasteiger partial charge on any atom is 0.185 e. The van der Waals surface area contributed by atoms with Gasteiger partial charge in [-0.2, -0.15) is 4.68 Å². The molecule has 0 atom stereocenters. The number of anilines is 1. The first-order chi connectivity index (χ1) is 12.5. The van der Waals surface area contributed by atoms with E-state index in [1.54, 1.807) is 30.2 Å². The van der Waals surface area contributed by atoms with E-state index >= 15 is 0 Å². The summed E-state index contributed by atoms with van der Waals surface area (Å²) in [6.07, 6.45) is 0. The third-order valence-electron chi connectivity index (χ3n) is 4.31. The van der Waals surface area contributed by atoms with Gasteiger partial charge in [-0.1, -0.05) is 35.3 Å². The summed E-state index contributed by atoms with van der Waals surface area (Å²) in [6.45, 7) is 11.1. The van der Waals surface area contributed by atoms with Crippen molar-refractivity contribution >= 4 is 41.0 Å². The minimum atomic E-state index is 0.847. The van der Waals surface area contributed by atoms with Crippen LogP contribution in [0.4, 0.5) is 5.69 Å². The molecule has 0 bridgehead atoms. The molecule has 1 aromatic carbocycles. The van der Waals surface area contributed by atoms with Crippen molar-refractivity contribution in [2.75, 3.05) is 43.9 Å². The van der Waals surface area contributed by atoms with Crippen LogP contribution in [-0.2, 0) is 6.67 Å². The van der Waals surface area contributed by atoms with E-state index in [1.165, 1.54) is 10.6 Å². The lowest BCUT2D eigenvalue weighted by Gasteiger charge is -2.33. The first-order valence-corrected chi connectivity index (χ1v) is 10.8. The second kappa shape index (κ2) is 9.03. The van der Waals surface area contributed by atoms with Gasteiger partial charge in [0.05, 0.1) is 33.3 Å². The predicted octanol–water partition coefficient (Wildman–Crippen LogP) is 2.71. The van der Waals surface area contributed by atoms with E-state index in [0.717, 1.165) is 58.2 Å². The normalized spacial score (nSPS) is 15.2. The van der Waals surface area contributed by atoms with Gasteiger partial charge in [0.15, 0.2) is 15.0 Å². The summed E-state index contributed by atoms with van der Waals surface area (Å²) in [7, 11) is 1.70. The number of rotatable bonds is 7. The Labute approximate surface area is 168 Å². The molecule has 5 nitrogen and oxygen atoms in total. The zero-order valence-electron chi connectivity index (χ0n) is 15.2. The molecule has 0 unspecified atom stereocenters. The molecule has 26 heavy (non-hydrogen) atoms. The van der Waals surface area contributed by atoms with Gasteiger partial charge in [-0.25, -0.2) is 0 Å². The van der Waals surface area contributed by atoms with Crippen molar-refractivity contribution in [1.29, 1.82) is 0 Å². The SMILES string of the molecule is C=C(C)CSc1nn(C[NH+]2CCN(c3ccc(OC)cc3)CC2)c(=S)s1. The lowest BCUT2D eigenvalue weighted by atomic mass is 10.2. The van der Waals surface area contributed by atoms with Crippen LogP contribution in [0.3, 0.4) is 0 Å². The van der Waals surface area contributed by atoms with E-state index in [0.29, 0.717) is 0 Å². The fraction of sp³-hybridized carbons (Fsp3) is 0.444. The molecule has 140 valence electrons. The van der Waals surface area contributed by atoms with Crippen LogP contribution in [-0.4, -0.2) is 48.8 Å². The minimum absolute atomic E-state index is 0.847. The van der Waals surface area contributed by atoms with Crippen molar-refractivity contribution in [1.82, 2.24) is 9.78 Å². The number of ether oxygens (including phenoxy) is 1. The van der Waals surface area contributed by atoms with Gasteiger partial charge in [-0.15, -0.1) is 5.10 Å². The molecule has 1 aromatic heterocycles. The molecule has 1 aliphatic heterocycles. The van der Waals surface area contributed by atoms with Gasteiger partial charge >= 0.3 is 0 Å². The Bertz CT molecular complexity index is 792. The molecule has 0 spiro atoms. The van der Waals surface area contributed by atoms with Gasteiger partial charge in [0, 0.05) is 11.4 Å². The highest BCUT2D eigenvalue weighted by Gasteiger charge is 2.21. The van der Waals surface area contributed by atoms with E-state index < -0.39 is 0 Å². The molecule has 2 heterocycles. The van der Waals surface area contributed by atoms with E-state index in [-0.39, 0.29) is 0 Å². The van der Waals surface area contributed by atoms with Crippen LogP contribution in [0.25, 0.3) is 0 Å². The maximum absolute atomic E-state index is 5.49. The molecule has 2 aromatic rings. The van der Waals surface area contributed by atoms with Crippen molar-refractivity contribution in [3.05, 3.63) is 40.4 Å². The number of thioether (sulfide) groups is 1. The Morgan fingerprint density at radius 1 is 1.35 bits per heavy atom. The second-order valence-electron chi connectivity index (χ2n) is 6.47. The van der Waals surface area contributed by atoms with Crippen LogP contribution in [0.5, 0.6) is 5.75 Å². The number of nitrogens with one attached hydrogen (secondary N) is 1. The Kier molecular flexibility index (Phi) is 6.74. The molecule has 8 heteroatoms. The highest BCUT2D eigenvalue weighted by Crippen LogP contribution is 2.23. The van der Waals surface area contributed by atoms with Crippen molar-refractivity contribution in [3.8, 4) is 5.75 Å². The molecular formula is C18H25N4OS3+. The number of methoxy groups -OCH3 is 1. The Morgan fingerprint density at radius 2 is 2.04 bits per heavy atom. The highest BCUT2D eigenvalue weighted by molar-refractivity contribution is 8.01. The third kappa shape index (κ3) is 5.09. The number of hydrogen-bond donors (Lipinski definition) is 1. The Hall–Kier alpha value is -1.35. The summed E-state index contributed by atoms with van der Waals surface area (Å²) in [5, 5.41) is 4.68. The van der Waals surface area contributed by atoms with Crippen molar-refractivity contribution in [2.45, 2.75) is 17.9 Å². The molecular weight excluding hydrogens is 384 g/mol. The standard InChI is InChI=1S/C18H24N4OS3/c1-14(2)12-25-17-19-22(18(24)26-17)13-20-8-10-21(11-9-20)15-4-6-16(23-3)7-5-15/h4-7H,1,8-13H2,2-3H3/p+1. The first-order valence-electron chi connectivity index (χ1n) is 8.63. The van der Waals surface area contributed by atoms with Crippen LogP contribution in [0.1, 0.15) is 6.92 Å². The van der Waals surface area contributed by atoms with Gasteiger partial charge in [-0.3, -0.25) is 0 Å². The number of aromatic nitrogens is 2. The molecule has 1 aliphatic rings. The van der Waals surface area contributed by atoms with Crippen LogP contribution >= 0.6 is 35.3 Å². The summed E-state index contributed by atoms with van der Waals surface area (Å²) in [5.41, 5.74) is 2.41. The van der Waals surface area contributed by atoms with Crippen LogP contribution in [0.2, 0.25) is 0 Å². The quantitative estimate of drug-likeness (QED) is 0.432. The third-order valence-corrected chi connectivity index (χ3v) is 6.98. The van der Waals surface area contributed by atoms with E-state index in [4.69, 9.17) is 17.0 Å². The summed E-state index contributed by atoms with van der Waals surface area (Å²) in [5.74, 6) is 1.80. The Balaban J connectivity index is 1.53. The zero-order valence-corrected chi connectivity index (χ0v) is 17.7. The predicted molar refractivity (Wildman–Crippen MR) is 112 cm³/mol. The number of quaternary nitrogens is 1. The molecule has 1 saturated heterocycles. The summed E-state index contributed by atoms with van der Waals surface area (Å²) in [4.78, 5) is 3.95. The monoisotopic (exact) mass is 409 g/mol. The Morgan fingerprint density at radius 3 is 2.65 bits per heavy atom. The van der Waals surface area contributed by atoms with Crippen molar-refractivity contribution in [2.24, 2.45) is 0 Å². The molecule has 0 amide bonds. The second-order valence-corrected chi connectivity index (χ2v) is 9.32. The molecule has 0 saturated carbocycles. The summed E-state index contributed by atoms with van der Waals surface area (Å²) in [6, 6.07) is 8.30.